The number of carbonyl (C=O) groups excluding carboxylic acids is 2. The van der Waals surface area contributed by atoms with Gasteiger partial charge in [-0.1, -0.05) is 42.5 Å². The number of anilines is 1. The van der Waals surface area contributed by atoms with Crippen molar-refractivity contribution >= 4 is 40.1 Å². The molecule has 0 bridgehead atoms. The van der Waals surface area contributed by atoms with Gasteiger partial charge < -0.3 is 19.5 Å². The van der Waals surface area contributed by atoms with Crippen LogP contribution in [0.5, 0.6) is 17.2 Å². The summed E-state index contributed by atoms with van der Waals surface area (Å²) < 4.78 is 16.5. The van der Waals surface area contributed by atoms with Crippen LogP contribution in [0, 0.1) is 21.4 Å². The van der Waals surface area contributed by atoms with Gasteiger partial charge in [-0.15, -0.1) is 0 Å². The number of carbonyl (C=O) groups is 2. The highest BCUT2D eigenvalue weighted by Gasteiger charge is 2.18. The molecular weight excluding hydrogens is 514 g/mol. The van der Waals surface area contributed by atoms with E-state index in [-0.39, 0.29) is 40.8 Å². The lowest BCUT2D eigenvalue weighted by Crippen LogP contribution is -2.14. The zero-order valence-corrected chi connectivity index (χ0v) is 21.5. The number of rotatable bonds is 9. The number of hydrogen-bond acceptors (Lipinski definition) is 8. The van der Waals surface area contributed by atoms with E-state index in [0.717, 1.165) is 16.8 Å². The second-order valence-electron chi connectivity index (χ2n) is 8.32. The van der Waals surface area contributed by atoms with Gasteiger partial charge in [-0.25, -0.2) is 4.79 Å². The molecule has 200 valence electrons. The first kappa shape index (κ1) is 27.3. The first-order valence-electron chi connectivity index (χ1n) is 12.1. The van der Waals surface area contributed by atoms with E-state index in [2.05, 4.69) is 5.32 Å². The molecule has 0 aromatic heterocycles. The fourth-order valence-electron chi connectivity index (χ4n) is 3.93. The zero-order chi connectivity index (χ0) is 28.6. The van der Waals surface area contributed by atoms with Crippen LogP contribution < -0.4 is 19.5 Å². The van der Waals surface area contributed by atoms with Crippen molar-refractivity contribution in [3.05, 3.63) is 106 Å². The maximum atomic E-state index is 13.0. The summed E-state index contributed by atoms with van der Waals surface area (Å²) in [5, 5.41) is 24.8. The van der Waals surface area contributed by atoms with Crippen molar-refractivity contribution < 1.29 is 28.7 Å². The third kappa shape index (κ3) is 6.06. The molecule has 0 aliphatic heterocycles. The Morgan fingerprint density at radius 3 is 2.50 bits per heavy atom. The number of methoxy groups -OCH3 is 1. The third-order valence-electron chi connectivity index (χ3n) is 5.80. The lowest BCUT2D eigenvalue weighted by Gasteiger charge is -2.13. The van der Waals surface area contributed by atoms with Gasteiger partial charge >= 0.3 is 5.97 Å². The van der Waals surface area contributed by atoms with Crippen molar-refractivity contribution in [2.24, 2.45) is 0 Å². The maximum Gasteiger partial charge on any atom is 0.344 e. The smallest absolute Gasteiger partial charge is 0.344 e. The Hall–Kier alpha value is -5.69. The molecule has 0 saturated carbocycles. The van der Waals surface area contributed by atoms with Crippen LogP contribution in [0.2, 0.25) is 0 Å². The molecule has 40 heavy (non-hydrogen) atoms. The number of nitriles is 1. The molecule has 4 rings (SSSR count). The van der Waals surface area contributed by atoms with Crippen LogP contribution in [-0.4, -0.2) is 30.5 Å². The van der Waals surface area contributed by atoms with E-state index in [0.29, 0.717) is 11.1 Å². The molecule has 1 amide bonds. The number of fused-ring (bicyclic) bond motifs is 1. The molecule has 0 fully saturated rings. The van der Waals surface area contributed by atoms with Gasteiger partial charge in [0, 0.05) is 6.07 Å². The Balaban J connectivity index is 1.58. The summed E-state index contributed by atoms with van der Waals surface area (Å²) in [4.78, 5) is 36.3. The number of nitro groups is 1. The summed E-state index contributed by atoms with van der Waals surface area (Å²) in [5.74, 6) is -0.819. The standard InChI is InChI=1S/C30H23N3O7/c1-3-39-28-16-19(11-14-26(28)40-30(35)24-10-6-8-20-7-4-5-9-23(20)24)15-21(18-31)29(34)32-25-13-12-22(33(36)37)17-27(25)38-2/h4-17H,3H2,1-2H3,(H,32,34)/b21-15-. The summed E-state index contributed by atoms with van der Waals surface area (Å²) in [6.07, 6.45) is 1.34. The van der Waals surface area contributed by atoms with Crippen molar-refractivity contribution in [2.75, 3.05) is 19.0 Å². The molecule has 0 aliphatic rings. The van der Waals surface area contributed by atoms with Gasteiger partial charge in [0.05, 0.1) is 36.0 Å². The van der Waals surface area contributed by atoms with Crippen LogP contribution in [0.15, 0.2) is 84.4 Å². The van der Waals surface area contributed by atoms with Crippen molar-refractivity contribution in [3.63, 3.8) is 0 Å². The molecule has 0 radical (unpaired) electrons. The normalized spacial score (nSPS) is 10.9. The predicted octanol–water partition coefficient (Wildman–Crippen LogP) is 5.92. The van der Waals surface area contributed by atoms with Gasteiger partial charge in [-0.2, -0.15) is 5.26 Å². The largest absolute Gasteiger partial charge is 0.494 e. The fourth-order valence-corrected chi connectivity index (χ4v) is 3.93. The van der Waals surface area contributed by atoms with Crippen LogP contribution in [-0.2, 0) is 4.79 Å². The maximum absolute atomic E-state index is 13.0. The van der Waals surface area contributed by atoms with E-state index in [1.807, 2.05) is 36.4 Å². The Labute approximate surface area is 229 Å². The SMILES string of the molecule is CCOc1cc(/C=C(/C#N)C(=O)Nc2ccc([N+](=O)[O-])cc2OC)ccc1OC(=O)c1cccc2ccccc12. The van der Waals surface area contributed by atoms with Crippen LogP contribution in [0.3, 0.4) is 0 Å². The van der Waals surface area contributed by atoms with E-state index in [1.165, 1.54) is 31.4 Å². The molecule has 0 heterocycles. The zero-order valence-electron chi connectivity index (χ0n) is 21.5. The molecule has 0 saturated heterocycles. The Morgan fingerprint density at radius 1 is 1.00 bits per heavy atom. The number of hydrogen-bond donors (Lipinski definition) is 1. The quantitative estimate of drug-likeness (QED) is 0.0693. The van der Waals surface area contributed by atoms with E-state index < -0.39 is 16.8 Å². The number of ether oxygens (including phenoxy) is 3. The fraction of sp³-hybridized carbons (Fsp3) is 0.100. The number of benzene rings is 4. The third-order valence-corrected chi connectivity index (χ3v) is 5.80. The van der Waals surface area contributed by atoms with Crippen molar-refractivity contribution in [1.29, 1.82) is 5.26 Å². The summed E-state index contributed by atoms with van der Waals surface area (Å²) in [6, 6.07) is 23.0. The second kappa shape index (κ2) is 12.2. The molecule has 1 N–H and O–H groups in total. The van der Waals surface area contributed by atoms with Gasteiger partial charge in [-0.05, 0) is 53.6 Å². The molecule has 4 aromatic rings. The van der Waals surface area contributed by atoms with Crippen molar-refractivity contribution in [2.45, 2.75) is 6.92 Å². The summed E-state index contributed by atoms with van der Waals surface area (Å²) in [6.45, 7) is 2.04. The van der Waals surface area contributed by atoms with E-state index >= 15 is 0 Å². The molecule has 4 aromatic carbocycles. The highest BCUT2D eigenvalue weighted by Crippen LogP contribution is 2.32. The summed E-state index contributed by atoms with van der Waals surface area (Å²) in [7, 11) is 1.31. The van der Waals surface area contributed by atoms with Gasteiger partial charge in [0.2, 0.25) is 0 Å². The number of nitrogens with one attached hydrogen (secondary N) is 1. The molecule has 0 aliphatic carbocycles. The van der Waals surface area contributed by atoms with Crippen LogP contribution in [0.1, 0.15) is 22.8 Å². The van der Waals surface area contributed by atoms with Gasteiger partial charge in [0.1, 0.15) is 17.4 Å². The minimum absolute atomic E-state index is 0.0656. The minimum atomic E-state index is -0.751. The lowest BCUT2D eigenvalue weighted by molar-refractivity contribution is -0.384. The number of esters is 1. The number of amides is 1. The number of nitro benzene ring substituents is 1. The van der Waals surface area contributed by atoms with Crippen LogP contribution >= 0.6 is 0 Å². The molecule has 0 unspecified atom stereocenters. The average molecular weight is 538 g/mol. The van der Waals surface area contributed by atoms with E-state index in [9.17, 15) is 25.0 Å². The first-order chi connectivity index (χ1) is 19.3. The molecule has 10 nitrogen and oxygen atoms in total. The summed E-state index contributed by atoms with van der Waals surface area (Å²) >= 11 is 0. The Bertz CT molecular complexity index is 1680. The Morgan fingerprint density at radius 2 is 1.77 bits per heavy atom. The molecular formula is C30H23N3O7. The lowest BCUT2D eigenvalue weighted by atomic mass is 10.0. The molecule has 10 heteroatoms. The van der Waals surface area contributed by atoms with Crippen molar-refractivity contribution in [1.82, 2.24) is 0 Å². The molecule has 0 spiro atoms. The topological polar surface area (TPSA) is 141 Å². The number of non-ortho nitro benzene ring substituents is 1. The van der Waals surface area contributed by atoms with Crippen LogP contribution in [0.4, 0.5) is 11.4 Å². The average Bonchev–Trinajstić information content (AvgIpc) is 2.96. The highest BCUT2D eigenvalue weighted by molar-refractivity contribution is 6.10. The van der Waals surface area contributed by atoms with E-state index in [4.69, 9.17) is 14.2 Å². The minimum Gasteiger partial charge on any atom is -0.494 e. The van der Waals surface area contributed by atoms with E-state index in [1.54, 1.807) is 31.2 Å². The molecule has 0 atom stereocenters. The number of nitrogens with zero attached hydrogens (tertiary/aromatic N) is 2. The predicted molar refractivity (Wildman–Crippen MR) is 148 cm³/mol. The Kier molecular flexibility index (Phi) is 8.37. The summed E-state index contributed by atoms with van der Waals surface area (Å²) in [5.41, 5.74) is 0.536. The second-order valence-corrected chi connectivity index (χ2v) is 8.32. The van der Waals surface area contributed by atoms with Gasteiger partial charge in [-0.3, -0.25) is 14.9 Å². The van der Waals surface area contributed by atoms with Crippen LogP contribution in [0.25, 0.3) is 16.8 Å². The van der Waals surface area contributed by atoms with Gasteiger partial charge in [0.15, 0.2) is 11.5 Å². The highest BCUT2D eigenvalue weighted by atomic mass is 16.6. The first-order valence-corrected chi connectivity index (χ1v) is 12.1. The monoisotopic (exact) mass is 537 g/mol. The van der Waals surface area contributed by atoms with Gasteiger partial charge in [0.25, 0.3) is 11.6 Å². The van der Waals surface area contributed by atoms with Crippen molar-refractivity contribution in [3.8, 4) is 23.3 Å².